The minimum atomic E-state index is -4.40. The maximum Gasteiger partial charge on any atom is 0.347 e. The van der Waals surface area contributed by atoms with Crippen LogP contribution in [0.2, 0.25) is 0 Å². The number of sulfonamides is 1. The molecule has 180 valence electrons. The average Bonchev–Trinajstić information content (AvgIpc) is 2.78. The highest BCUT2D eigenvalue weighted by Gasteiger charge is 2.40. The summed E-state index contributed by atoms with van der Waals surface area (Å²) in [5, 5.41) is 31.1. The summed E-state index contributed by atoms with van der Waals surface area (Å²) in [7, 11) is -4.40. The Balaban J connectivity index is 1.81. The molecular formula is C25H21BrN2O6S. The number of halogens is 1. The number of nitrogens with zero attached hydrogens (tertiary/aromatic N) is 1. The van der Waals surface area contributed by atoms with Gasteiger partial charge in [-0.05, 0) is 73.7 Å². The molecule has 4 rings (SSSR count). The number of aryl methyl sites for hydroxylation is 1. The molecule has 1 aliphatic carbocycles. The minimum absolute atomic E-state index is 0.234. The Morgan fingerprint density at radius 3 is 2.40 bits per heavy atom. The van der Waals surface area contributed by atoms with Gasteiger partial charge in [-0.15, -0.1) is 0 Å². The molecule has 3 N–H and O–H groups in total. The maximum atomic E-state index is 13.2. The van der Waals surface area contributed by atoms with Gasteiger partial charge in [0.2, 0.25) is 0 Å². The highest BCUT2D eigenvalue weighted by atomic mass is 79.9. The molecule has 3 aromatic rings. The van der Waals surface area contributed by atoms with E-state index in [-0.39, 0.29) is 17.0 Å². The largest absolute Gasteiger partial charge is 0.506 e. The number of carbonyl (C=O) groups is 1. The van der Waals surface area contributed by atoms with Crippen LogP contribution in [0.4, 0.5) is 5.69 Å². The molecule has 1 fully saturated rings. The Morgan fingerprint density at radius 1 is 1.11 bits per heavy atom. The molecule has 1 aliphatic rings. The number of para-hydroxylation sites is 1. The van der Waals surface area contributed by atoms with E-state index < -0.39 is 37.8 Å². The van der Waals surface area contributed by atoms with Gasteiger partial charge in [0.05, 0.1) is 17.2 Å². The normalized spacial score (nSPS) is 14.4. The van der Waals surface area contributed by atoms with Gasteiger partial charge in [-0.3, -0.25) is 4.72 Å². The van der Waals surface area contributed by atoms with E-state index in [9.17, 15) is 28.7 Å². The third-order valence-corrected chi connectivity index (χ3v) is 7.86. The van der Waals surface area contributed by atoms with Crippen molar-refractivity contribution in [2.45, 2.75) is 36.5 Å². The number of benzene rings is 3. The van der Waals surface area contributed by atoms with Crippen LogP contribution >= 0.6 is 15.9 Å². The van der Waals surface area contributed by atoms with Crippen LogP contribution in [0.3, 0.4) is 0 Å². The SMILES string of the molecule is Cc1cc(Br)cc(S(=O)(=O)Nc2cc(C3(C#N)CCC3)cc(C(=O)Oc3ccccc3)c2O)c1O. The number of phenolic OH excluding ortho intramolecular Hbond substituents is 2. The fourth-order valence-corrected chi connectivity index (χ4v) is 5.88. The molecule has 0 amide bonds. The van der Waals surface area contributed by atoms with E-state index in [0.29, 0.717) is 28.4 Å². The van der Waals surface area contributed by atoms with Crippen molar-refractivity contribution in [2.75, 3.05) is 4.72 Å². The number of carbonyl (C=O) groups excluding carboxylic acids is 1. The fraction of sp³-hybridized carbons (Fsp3) is 0.200. The lowest BCUT2D eigenvalue weighted by molar-refractivity contribution is 0.0731. The first-order valence-electron chi connectivity index (χ1n) is 10.6. The minimum Gasteiger partial charge on any atom is -0.506 e. The Hall–Kier alpha value is -3.55. The van der Waals surface area contributed by atoms with Crippen LogP contribution in [0, 0.1) is 18.3 Å². The van der Waals surface area contributed by atoms with Gasteiger partial charge in [-0.1, -0.05) is 34.1 Å². The number of hydrogen-bond donors (Lipinski definition) is 3. The molecule has 1 saturated carbocycles. The smallest absolute Gasteiger partial charge is 0.347 e. The number of phenols is 2. The summed E-state index contributed by atoms with van der Waals surface area (Å²) in [4.78, 5) is 12.5. The number of rotatable bonds is 6. The van der Waals surface area contributed by atoms with Gasteiger partial charge in [-0.25, -0.2) is 13.2 Å². The summed E-state index contributed by atoms with van der Waals surface area (Å²) in [5.41, 5.74) is -0.801. The lowest BCUT2D eigenvalue weighted by atomic mass is 9.65. The van der Waals surface area contributed by atoms with Crippen molar-refractivity contribution in [1.29, 1.82) is 5.26 Å². The molecule has 0 atom stereocenters. The molecule has 10 heteroatoms. The van der Waals surface area contributed by atoms with E-state index in [1.165, 1.54) is 18.2 Å². The lowest BCUT2D eigenvalue weighted by Gasteiger charge is -2.36. The Bertz CT molecular complexity index is 1460. The van der Waals surface area contributed by atoms with Gasteiger partial charge in [0, 0.05) is 4.47 Å². The number of esters is 1. The van der Waals surface area contributed by atoms with Crippen molar-refractivity contribution in [3.8, 4) is 23.3 Å². The average molecular weight is 557 g/mol. The summed E-state index contributed by atoms with van der Waals surface area (Å²) in [5.74, 6) is -1.79. The van der Waals surface area contributed by atoms with Crippen LogP contribution in [0.25, 0.3) is 0 Å². The summed E-state index contributed by atoms with van der Waals surface area (Å²) < 4.78 is 34.4. The number of aromatic hydroxyl groups is 2. The molecule has 0 saturated heterocycles. The van der Waals surface area contributed by atoms with Gasteiger partial charge >= 0.3 is 5.97 Å². The molecule has 0 aliphatic heterocycles. The van der Waals surface area contributed by atoms with Gasteiger partial charge in [0.25, 0.3) is 10.0 Å². The zero-order valence-corrected chi connectivity index (χ0v) is 21.0. The van der Waals surface area contributed by atoms with Crippen LogP contribution in [0.5, 0.6) is 17.2 Å². The van der Waals surface area contributed by atoms with Crippen LogP contribution in [0.15, 0.2) is 64.0 Å². The number of hydrogen-bond acceptors (Lipinski definition) is 7. The van der Waals surface area contributed by atoms with E-state index >= 15 is 0 Å². The van der Waals surface area contributed by atoms with Gasteiger partial charge < -0.3 is 14.9 Å². The molecule has 8 nitrogen and oxygen atoms in total. The first-order valence-corrected chi connectivity index (χ1v) is 12.9. The third kappa shape index (κ3) is 4.70. The van der Waals surface area contributed by atoms with Crippen LogP contribution in [-0.2, 0) is 15.4 Å². The van der Waals surface area contributed by atoms with E-state index in [1.54, 1.807) is 43.3 Å². The van der Waals surface area contributed by atoms with Crippen molar-refractivity contribution >= 4 is 37.6 Å². The molecule has 0 spiro atoms. The lowest BCUT2D eigenvalue weighted by Crippen LogP contribution is -2.32. The molecule has 0 bridgehead atoms. The zero-order valence-electron chi connectivity index (χ0n) is 18.6. The predicted octanol–water partition coefficient (Wildman–Crippen LogP) is 5.13. The van der Waals surface area contributed by atoms with Crippen molar-refractivity contribution in [2.24, 2.45) is 0 Å². The van der Waals surface area contributed by atoms with Gasteiger partial charge in [-0.2, -0.15) is 5.26 Å². The number of ether oxygens (including phenoxy) is 1. The third-order valence-electron chi connectivity index (χ3n) is 6.02. The second-order valence-corrected chi connectivity index (χ2v) is 10.9. The quantitative estimate of drug-likeness (QED) is 0.217. The van der Waals surface area contributed by atoms with Crippen molar-refractivity contribution in [1.82, 2.24) is 0 Å². The van der Waals surface area contributed by atoms with Gasteiger partial charge in [0.15, 0.2) is 5.75 Å². The highest BCUT2D eigenvalue weighted by Crippen LogP contribution is 2.46. The van der Waals surface area contributed by atoms with Gasteiger partial charge in [0.1, 0.15) is 22.0 Å². The molecule has 3 aromatic carbocycles. The second-order valence-electron chi connectivity index (χ2n) is 8.34. The first kappa shape index (κ1) is 24.6. The topological polar surface area (TPSA) is 137 Å². The maximum absolute atomic E-state index is 13.2. The summed E-state index contributed by atoms with van der Waals surface area (Å²) in [6.07, 6.45) is 1.85. The molecule has 0 radical (unpaired) electrons. The van der Waals surface area contributed by atoms with E-state index in [4.69, 9.17) is 4.74 Å². The standard InChI is InChI=1S/C25H21BrN2O6S/c1-15-10-17(26)13-21(22(15)29)35(32,33)28-20-12-16(25(14-27)8-5-9-25)11-19(23(20)30)24(31)34-18-6-3-2-4-7-18/h2-4,6-7,10-13,28-30H,5,8-9H2,1H3. The molecule has 35 heavy (non-hydrogen) atoms. The second kappa shape index (κ2) is 9.24. The van der Waals surface area contributed by atoms with E-state index in [0.717, 1.165) is 6.42 Å². The predicted molar refractivity (Wildman–Crippen MR) is 132 cm³/mol. The van der Waals surface area contributed by atoms with Crippen LogP contribution in [-0.4, -0.2) is 24.6 Å². The Labute approximate surface area is 211 Å². The van der Waals surface area contributed by atoms with E-state index in [1.807, 2.05) is 0 Å². The first-order chi connectivity index (χ1) is 16.6. The summed E-state index contributed by atoms with van der Waals surface area (Å²) >= 11 is 3.22. The highest BCUT2D eigenvalue weighted by molar-refractivity contribution is 9.10. The molecule has 0 unspecified atom stereocenters. The zero-order chi connectivity index (χ0) is 25.4. The summed E-state index contributed by atoms with van der Waals surface area (Å²) in [6.45, 7) is 1.54. The number of nitrogens with one attached hydrogen (secondary N) is 1. The molecule has 0 aromatic heterocycles. The molecule has 0 heterocycles. The Morgan fingerprint density at radius 2 is 1.80 bits per heavy atom. The Kier molecular flexibility index (Phi) is 6.49. The van der Waals surface area contributed by atoms with Crippen molar-refractivity contribution in [3.63, 3.8) is 0 Å². The number of anilines is 1. The van der Waals surface area contributed by atoms with Crippen LogP contribution < -0.4 is 9.46 Å². The van der Waals surface area contributed by atoms with Crippen molar-refractivity contribution < 1.29 is 28.2 Å². The van der Waals surface area contributed by atoms with Crippen LogP contribution in [0.1, 0.15) is 40.7 Å². The fourth-order valence-electron chi connectivity index (χ4n) is 3.90. The van der Waals surface area contributed by atoms with E-state index in [2.05, 4.69) is 26.7 Å². The van der Waals surface area contributed by atoms with Crippen molar-refractivity contribution in [3.05, 3.63) is 75.8 Å². The monoisotopic (exact) mass is 556 g/mol. The number of nitriles is 1. The summed E-state index contributed by atoms with van der Waals surface area (Å²) in [6, 6.07) is 15.9. The molecular weight excluding hydrogens is 536 g/mol.